The summed E-state index contributed by atoms with van der Waals surface area (Å²) < 4.78 is 23.3. The summed E-state index contributed by atoms with van der Waals surface area (Å²) in [5.41, 5.74) is 23.7. The molecular formula is C26H52N6O12. The van der Waals surface area contributed by atoms with Crippen LogP contribution < -0.4 is 33.6 Å². The highest BCUT2D eigenvalue weighted by molar-refractivity contribution is 5.02. The Balaban J connectivity index is 1.46. The predicted octanol–water partition coefficient (Wildman–Crippen LogP) is -7.97. The molecular weight excluding hydrogens is 588 g/mol. The Hall–Kier alpha value is -0.720. The quantitative estimate of drug-likeness (QED) is 0.0888. The van der Waals surface area contributed by atoms with Gasteiger partial charge in [-0.15, -0.1) is 0 Å². The molecule has 44 heavy (non-hydrogen) atoms. The topological polar surface area (TPSA) is 327 Å². The molecule has 0 amide bonds. The maximum atomic E-state index is 11.5. The highest BCUT2D eigenvalue weighted by Gasteiger charge is 2.52. The first-order chi connectivity index (χ1) is 20.9. The average Bonchev–Trinajstić information content (AvgIpc) is 2.99. The summed E-state index contributed by atoms with van der Waals surface area (Å²) in [6.07, 6.45) is -15.9. The number of nitrogens with two attached hydrogens (primary N) is 4. The van der Waals surface area contributed by atoms with Crippen molar-refractivity contribution in [2.75, 3.05) is 32.8 Å². The van der Waals surface area contributed by atoms with Gasteiger partial charge in [-0.3, -0.25) is 0 Å². The van der Waals surface area contributed by atoms with E-state index in [4.69, 9.17) is 41.9 Å². The maximum Gasteiger partial charge on any atom is 0.187 e. The van der Waals surface area contributed by atoms with Crippen molar-refractivity contribution in [1.82, 2.24) is 10.6 Å². The fraction of sp³-hybridized carbons (Fsp3) is 1.00. The van der Waals surface area contributed by atoms with Crippen LogP contribution in [-0.2, 0) is 18.9 Å². The van der Waals surface area contributed by atoms with Gasteiger partial charge in [-0.05, 0) is 31.7 Å². The number of rotatable bonds is 13. The van der Waals surface area contributed by atoms with Crippen LogP contribution in [0.3, 0.4) is 0 Å². The molecule has 2 saturated heterocycles. The van der Waals surface area contributed by atoms with Crippen molar-refractivity contribution < 1.29 is 59.8 Å². The van der Waals surface area contributed by atoms with Crippen LogP contribution in [0.5, 0.6) is 0 Å². The minimum Gasteiger partial charge on any atom is -0.394 e. The van der Waals surface area contributed by atoms with Gasteiger partial charge in [0.1, 0.15) is 61.0 Å². The molecule has 0 aromatic carbocycles. The third-order valence-electron chi connectivity index (χ3n) is 9.14. The van der Waals surface area contributed by atoms with E-state index < -0.39 is 104 Å². The number of aliphatic hydroxyl groups is 8. The molecule has 0 aromatic heterocycles. The first-order valence-corrected chi connectivity index (χ1v) is 15.3. The van der Waals surface area contributed by atoms with Crippen molar-refractivity contribution in [3.63, 3.8) is 0 Å². The standard InChI is InChI=1S/C26H52N6O12/c27-4-11(34)6-32-13-3-12(29)23(22(40)24(13)44-25-19(37)16(30)17(35)15(8-33)42-25)43-26-21(39)20(38)18(36)14(41-26)7-31-5-9-1-10(28)2-9/h9-26,31-40H,1-8,27-30H2/t9?,10?,11?,12-,13+,14+,15+,16-,17+,18+,19+,20-,21+,22-,23+,24-,25+,26+/m0/s1. The molecule has 2 aliphatic carbocycles. The molecule has 2 aliphatic heterocycles. The van der Waals surface area contributed by atoms with Gasteiger partial charge >= 0.3 is 0 Å². The molecule has 258 valence electrons. The van der Waals surface area contributed by atoms with Gasteiger partial charge in [0, 0.05) is 37.8 Å². The van der Waals surface area contributed by atoms with Crippen LogP contribution in [0.4, 0.5) is 0 Å². The Morgan fingerprint density at radius 2 is 1.39 bits per heavy atom. The van der Waals surface area contributed by atoms with Crippen molar-refractivity contribution in [1.29, 1.82) is 0 Å². The summed E-state index contributed by atoms with van der Waals surface area (Å²) in [5.74, 6) is 0.394. The highest BCUT2D eigenvalue weighted by atomic mass is 16.7. The van der Waals surface area contributed by atoms with E-state index in [0.717, 1.165) is 12.8 Å². The van der Waals surface area contributed by atoms with Crippen molar-refractivity contribution in [2.24, 2.45) is 28.9 Å². The summed E-state index contributed by atoms with van der Waals surface area (Å²) in [7, 11) is 0. The van der Waals surface area contributed by atoms with Crippen LogP contribution in [0.2, 0.25) is 0 Å². The number of hydrogen-bond donors (Lipinski definition) is 14. The molecule has 2 heterocycles. The first kappa shape index (κ1) is 36.1. The van der Waals surface area contributed by atoms with Gasteiger partial charge in [-0.2, -0.15) is 0 Å². The highest BCUT2D eigenvalue weighted by Crippen LogP contribution is 2.32. The van der Waals surface area contributed by atoms with E-state index in [1.165, 1.54) is 0 Å². The zero-order valence-electron chi connectivity index (χ0n) is 24.6. The Labute approximate surface area is 255 Å². The monoisotopic (exact) mass is 640 g/mol. The fourth-order valence-corrected chi connectivity index (χ4v) is 6.29. The molecule has 16 atom stereocenters. The zero-order valence-corrected chi connectivity index (χ0v) is 24.6. The lowest BCUT2D eigenvalue weighted by Crippen LogP contribution is -2.69. The molecule has 18 N–H and O–H groups in total. The number of aliphatic hydroxyl groups excluding tert-OH is 8. The van der Waals surface area contributed by atoms with Crippen LogP contribution in [0.25, 0.3) is 0 Å². The maximum absolute atomic E-state index is 11.5. The van der Waals surface area contributed by atoms with Gasteiger partial charge in [0.05, 0.1) is 18.8 Å². The van der Waals surface area contributed by atoms with Gasteiger partial charge in [0.2, 0.25) is 0 Å². The van der Waals surface area contributed by atoms with Crippen LogP contribution >= 0.6 is 0 Å². The molecule has 18 heteroatoms. The minimum absolute atomic E-state index is 0.00751. The lowest BCUT2D eigenvalue weighted by Gasteiger charge is -2.49. The minimum atomic E-state index is -1.69. The van der Waals surface area contributed by atoms with E-state index in [0.29, 0.717) is 12.5 Å². The summed E-state index contributed by atoms with van der Waals surface area (Å²) >= 11 is 0. The van der Waals surface area contributed by atoms with E-state index in [-0.39, 0.29) is 32.1 Å². The first-order valence-electron chi connectivity index (χ1n) is 15.3. The van der Waals surface area contributed by atoms with Crippen molar-refractivity contribution in [2.45, 2.75) is 123 Å². The van der Waals surface area contributed by atoms with E-state index in [9.17, 15) is 40.9 Å². The Morgan fingerprint density at radius 1 is 0.750 bits per heavy atom. The van der Waals surface area contributed by atoms with E-state index in [1.807, 2.05) is 0 Å². The molecule has 0 aromatic rings. The Bertz CT molecular complexity index is 879. The van der Waals surface area contributed by atoms with E-state index >= 15 is 0 Å². The second-order valence-corrected chi connectivity index (χ2v) is 12.6. The van der Waals surface area contributed by atoms with Gasteiger partial charge in [-0.25, -0.2) is 0 Å². The largest absolute Gasteiger partial charge is 0.394 e. The van der Waals surface area contributed by atoms with Gasteiger partial charge in [0.25, 0.3) is 0 Å². The van der Waals surface area contributed by atoms with Crippen molar-refractivity contribution in [3.8, 4) is 0 Å². The summed E-state index contributed by atoms with van der Waals surface area (Å²) in [4.78, 5) is 0. The third-order valence-corrected chi connectivity index (χ3v) is 9.14. The Kier molecular flexibility index (Phi) is 13.1. The Morgan fingerprint density at radius 3 is 2.02 bits per heavy atom. The zero-order chi connectivity index (χ0) is 32.3. The van der Waals surface area contributed by atoms with E-state index in [2.05, 4.69) is 10.6 Å². The second kappa shape index (κ2) is 15.9. The molecule has 1 unspecified atom stereocenters. The molecule has 0 spiro atoms. The average molecular weight is 641 g/mol. The third kappa shape index (κ3) is 8.22. The molecule has 4 fully saturated rings. The second-order valence-electron chi connectivity index (χ2n) is 12.6. The number of hydrogen-bond acceptors (Lipinski definition) is 18. The smallest absolute Gasteiger partial charge is 0.187 e. The van der Waals surface area contributed by atoms with Crippen molar-refractivity contribution in [3.05, 3.63) is 0 Å². The van der Waals surface area contributed by atoms with Crippen molar-refractivity contribution >= 4 is 0 Å². The van der Waals surface area contributed by atoms with Crippen LogP contribution in [-0.4, -0.2) is 178 Å². The predicted molar refractivity (Wildman–Crippen MR) is 151 cm³/mol. The molecule has 18 nitrogen and oxygen atoms in total. The molecule has 4 rings (SSSR count). The molecule has 0 bridgehead atoms. The summed E-state index contributed by atoms with van der Waals surface area (Å²) in [6, 6.07) is -2.69. The molecule has 2 saturated carbocycles. The van der Waals surface area contributed by atoms with Gasteiger partial charge < -0.3 is 93.4 Å². The fourth-order valence-electron chi connectivity index (χ4n) is 6.29. The summed E-state index contributed by atoms with van der Waals surface area (Å²) in [6.45, 7) is 0.122. The van der Waals surface area contributed by atoms with Gasteiger partial charge in [-0.1, -0.05) is 0 Å². The van der Waals surface area contributed by atoms with Gasteiger partial charge in [0.15, 0.2) is 12.6 Å². The van der Waals surface area contributed by atoms with E-state index in [1.54, 1.807) is 0 Å². The van der Waals surface area contributed by atoms with Crippen LogP contribution in [0.15, 0.2) is 0 Å². The summed E-state index contributed by atoms with van der Waals surface area (Å²) in [5, 5.41) is 90.0. The molecule has 4 aliphatic rings. The lowest BCUT2D eigenvalue weighted by molar-refractivity contribution is -0.333. The molecule has 0 radical (unpaired) electrons. The lowest BCUT2D eigenvalue weighted by atomic mass is 9.81. The SMILES string of the molecule is NCC(O)CN[C@@H]1C[C@H](N)[C@@H](O[C@H]2O[C@H](CNCC3CC(N)C3)[C@@H](O)[C@H](O)[C@H]2O)[C@H](O)[C@H]1O[C@H]1O[C@H](CO)[C@@H](O)[C@H](N)[C@H]1O. The van der Waals surface area contributed by atoms with Crippen LogP contribution in [0, 0.1) is 5.92 Å². The normalized spacial score (nSPS) is 49.0. The number of ether oxygens (including phenoxy) is 4. The van der Waals surface area contributed by atoms with Crippen LogP contribution in [0.1, 0.15) is 19.3 Å². The number of nitrogens with one attached hydrogen (secondary N) is 2.